The van der Waals surface area contributed by atoms with Gasteiger partial charge < -0.3 is 24.4 Å². The lowest BCUT2D eigenvalue weighted by Gasteiger charge is -2.33. The number of hydrogen-bond acceptors (Lipinski definition) is 6. The number of esters is 1. The quantitative estimate of drug-likeness (QED) is 0.693. The van der Waals surface area contributed by atoms with Gasteiger partial charge in [-0.05, 0) is 43.4 Å². The van der Waals surface area contributed by atoms with Crippen LogP contribution in [-0.4, -0.2) is 44.4 Å². The molecule has 0 saturated carbocycles. The molecule has 7 nitrogen and oxygen atoms in total. The van der Waals surface area contributed by atoms with Crippen molar-refractivity contribution in [3.8, 4) is 5.75 Å². The first-order valence-electron chi connectivity index (χ1n) is 11.3. The molecule has 0 bridgehead atoms. The number of carbonyl (C=O) groups is 2. The fourth-order valence-electron chi connectivity index (χ4n) is 4.22. The van der Waals surface area contributed by atoms with Gasteiger partial charge in [0.05, 0.1) is 18.6 Å². The summed E-state index contributed by atoms with van der Waals surface area (Å²) in [5, 5.41) is 2.89. The van der Waals surface area contributed by atoms with Crippen LogP contribution in [0.25, 0.3) is 0 Å². The van der Waals surface area contributed by atoms with Gasteiger partial charge in [-0.2, -0.15) is 0 Å². The third kappa shape index (κ3) is 5.52. The lowest BCUT2D eigenvalue weighted by Crippen LogP contribution is -2.43. The summed E-state index contributed by atoms with van der Waals surface area (Å²) in [6.45, 7) is 4.56. The summed E-state index contributed by atoms with van der Waals surface area (Å²) in [6, 6.07) is 15.7. The van der Waals surface area contributed by atoms with Crippen molar-refractivity contribution in [3.63, 3.8) is 0 Å². The second-order valence-corrected chi connectivity index (χ2v) is 8.22. The number of nitrogens with one attached hydrogen (secondary N) is 1. The van der Waals surface area contributed by atoms with Crippen LogP contribution in [0.3, 0.4) is 0 Å². The fraction of sp³-hybridized carbons (Fsp3) is 0.440. The van der Waals surface area contributed by atoms with Crippen molar-refractivity contribution in [2.75, 3.05) is 31.2 Å². The molecule has 2 aliphatic heterocycles. The van der Waals surface area contributed by atoms with Crippen molar-refractivity contribution >= 4 is 17.7 Å². The van der Waals surface area contributed by atoms with Gasteiger partial charge in [-0.25, -0.2) is 4.79 Å². The molecule has 0 radical (unpaired) electrons. The number of hydrogen-bond donors (Lipinski definition) is 1. The Kier molecular flexibility index (Phi) is 7.14. The summed E-state index contributed by atoms with van der Waals surface area (Å²) >= 11 is 0. The van der Waals surface area contributed by atoms with E-state index in [1.807, 2.05) is 37.3 Å². The zero-order chi connectivity index (χ0) is 22.3. The number of amides is 1. The molecule has 32 heavy (non-hydrogen) atoms. The van der Waals surface area contributed by atoms with Gasteiger partial charge in [0, 0.05) is 24.8 Å². The predicted octanol–water partition coefficient (Wildman–Crippen LogP) is 3.70. The highest BCUT2D eigenvalue weighted by Crippen LogP contribution is 2.32. The van der Waals surface area contributed by atoms with Crippen LogP contribution in [-0.2, 0) is 27.3 Å². The second-order valence-electron chi connectivity index (χ2n) is 8.22. The average Bonchev–Trinajstić information content (AvgIpc) is 2.83. The normalized spacial score (nSPS) is 18.3. The second kappa shape index (κ2) is 10.4. The number of anilines is 1. The van der Waals surface area contributed by atoms with E-state index < -0.39 is 6.09 Å². The fourth-order valence-corrected chi connectivity index (χ4v) is 4.22. The lowest BCUT2D eigenvalue weighted by molar-refractivity contribution is -0.148. The molecule has 0 spiro atoms. The summed E-state index contributed by atoms with van der Waals surface area (Å²) in [4.78, 5) is 26.4. The van der Waals surface area contributed by atoms with E-state index in [0.717, 1.165) is 48.5 Å². The summed E-state index contributed by atoms with van der Waals surface area (Å²) in [5.41, 5.74) is 3.11. The Labute approximate surface area is 188 Å². The van der Waals surface area contributed by atoms with E-state index in [4.69, 9.17) is 14.2 Å². The van der Waals surface area contributed by atoms with Crippen molar-refractivity contribution in [3.05, 3.63) is 59.7 Å². The van der Waals surface area contributed by atoms with Crippen molar-refractivity contribution in [1.82, 2.24) is 5.32 Å². The van der Waals surface area contributed by atoms with E-state index in [2.05, 4.69) is 28.4 Å². The van der Waals surface area contributed by atoms with Crippen LogP contribution in [0.5, 0.6) is 5.75 Å². The van der Waals surface area contributed by atoms with Gasteiger partial charge in [-0.15, -0.1) is 0 Å². The maximum absolute atomic E-state index is 12.1. The third-order valence-electron chi connectivity index (χ3n) is 5.97. The zero-order valence-corrected chi connectivity index (χ0v) is 18.4. The largest absolute Gasteiger partial charge is 0.491 e. The molecule has 1 saturated heterocycles. The minimum Gasteiger partial charge on any atom is -0.491 e. The van der Waals surface area contributed by atoms with Crippen LogP contribution < -0.4 is 15.0 Å². The Morgan fingerprint density at radius 3 is 2.62 bits per heavy atom. The van der Waals surface area contributed by atoms with Gasteiger partial charge in [0.25, 0.3) is 0 Å². The smallest absolute Gasteiger partial charge is 0.407 e. The molecule has 1 fully saturated rings. The number of benzene rings is 2. The Bertz CT molecular complexity index is 925. The topological polar surface area (TPSA) is 77.1 Å². The maximum atomic E-state index is 12.1. The number of ether oxygens (including phenoxy) is 3. The highest BCUT2D eigenvalue weighted by molar-refractivity contribution is 5.73. The predicted molar refractivity (Wildman–Crippen MR) is 121 cm³/mol. The van der Waals surface area contributed by atoms with Crippen molar-refractivity contribution in [1.29, 1.82) is 0 Å². The number of carbonyl (C=O) groups excluding carboxylic acids is 2. The Morgan fingerprint density at radius 2 is 1.88 bits per heavy atom. The minimum absolute atomic E-state index is 0.00597. The molecule has 7 heteroatoms. The Hall–Kier alpha value is -3.22. The molecular formula is C25H30N2O5. The number of piperidine rings is 1. The van der Waals surface area contributed by atoms with E-state index in [9.17, 15) is 9.59 Å². The molecule has 1 atom stereocenters. The molecule has 0 aliphatic carbocycles. The zero-order valence-electron chi connectivity index (χ0n) is 18.4. The molecule has 2 heterocycles. The molecule has 0 aromatic heterocycles. The van der Waals surface area contributed by atoms with Gasteiger partial charge in [-0.1, -0.05) is 36.4 Å². The molecule has 170 valence electrons. The summed E-state index contributed by atoms with van der Waals surface area (Å²) in [5.74, 6) is 0.765. The van der Waals surface area contributed by atoms with Gasteiger partial charge >= 0.3 is 12.1 Å². The molecule has 2 aliphatic rings. The van der Waals surface area contributed by atoms with Gasteiger partial charge in [-0.3, -0.25) is 4.79 Å². The minimum atomic E-state index is -0.438. The number of rotatable bonds is 6. The number of alkyl carbamates (subject to hydrolysis) is 1. The van der Waals surface area contributed by atoms with Crippen LogP contribution in [0.15, 0.2) is 48.5 Å². The molecule has 1 amide bonds. The van der Waals surface area contributed by atoms with E-state index in [0.29, 0.717) is 19.6 Å². The maximum Gasteiger partial charge on any atom is 0.407 e. The molecule has 2 aromatic carbocycles. The average molecular weight is 439 g/mol. The highest BCUT2D eigenvalue weighted by Gasteiger charge is 2.27. The van der Waals surface area contributed by atoms with E-state index in [1.54, 1.807) is 0 Å². The molecule has 1 unspecified atom stereocenters. The third-order valence-corrected chi connectivity index (χ3v) is 5.97. The summed E-state index contributed by atoms with van der Waals surface area (Å²) < 4.78 is 16.4. The first-order valence-corrected chi connectivity index (χ1v) is 11.3. The van der Waals surface area contributed by atoms with Crippen LogP contribution in [0, 0.1) is 5.92 Å². The number of nitrogens with zero attached hydrogens (tertiary/aromatic N) is 1. The summed E-state index contributed by atoms with van der Waals surface area (Å²) in [7, 11) is 0. The lowest BCUT2D eigenvalue weighted by atomic mass is 9.96. The van der Waals surface area contributed by atoms with Crippen LogP contribution in [0.1, 0.15) is 30.9 Å². The van der Waals surface area contributed by atoms with Crippen molar-refractivity contribution < 1.29 is 23.8 Å². The van der Waals surface area contributed by atoms with E-state index in [-0.39, 0.29) is 24.5 Å². The van der Waals surface area contributed by atoms with Crippen LogP contribution >= 0.6 is 0 Å². The van der Waals surface area contributed by atoms with Gasteiger partial charge in [0.15, 0.2) is 0 Å². The molecule has 1 N–H and O–H groups in total. The van der Waals surface area contributed by atoms with Crippen LogP contribution in [0.2, 0.25) is 0 Å². The number of fused-ring (bicyclic) bond motifs is 1. The molecular weight excluding hydrogens is 408 g/mol. The molecule has 4 rings (SSSR count). The van der Waals surface area contributed by atoms with Gasteiger partial charge in [0.2, 0.25) is 0 Å². The first kappa shape index (κ1) is 22.0. The van der Waals surface area contributed by atoms with Gasteiger partial charge in [0.1, 0.15) is 19.0 Å². The Balaban J connectivity index is 1.27. The summed E-state index contributed by atoms with van der Waals surface area (Å²) in [6.07, 6.45) is 1.86. The highest BCUT2D eigenvalue weighted by atomic mass is 16.5. The van der Waals surface area contributed by atoms with Crippen molar-refractivity contribution in [2.45, 2.75) is 38.8 Å². The molecule has 2 aromatic rings. The standard InChI is InChI=1S/C25H30N2O5/c1-2-30-24(28)19-10-12-27(13-11-19)22-9-8-20-14-21(17-31-23(20)15-22)26-25(29)32-16-18-6-4-3-5-7-18/h3-9,15,19,21H,2,10-14,16-17H2,1H3,(H,26,29). The SMILES string of the molecule is CCOC(=O)C1CCN(c2ccc3c(c2)OCC(NC(=O)OCc2ccccc2)C3)CC1. The van der Waals surface area contributed by atoms with E-state index >= 15 is 0 Å². The van der Waals surface area contributed by atoms with E-state index in [1.165, 1.54) is 0 Å². The van der Waals surface area contributed by atoms with Crippen LogP contribution in [0.4, 0.5) is 10.5 Å². The monoisotopic (exact) mass is 438 g/mol. The Morgan fingerprint density at radius 1 is 1.09 bits per heavy atom. The first-order chi connectivity index (χ1) is 15.6. The van der Waals surface area contributed by atoms with Crippen molar-refractivity contribution in [2.24, 2.45) is 5.92 Å².